The Bertz CT molecular complexity index is 389. The maximum atomic E-state index is 12.1. The fourth-order valence-corrected chi connectivity index (χ4v) is 2.99. The topological polar surface area (TPSA) is 135 Å². The van der Waals surface area contributed by atoms with Crippen LogP contribution in [0.1, 0.15) is 77.6 Å². The van der Waals surface area contributed by atoms with Crippen molar-refractivity contribution in [2.45, 2.75) is 102 Å². The van der Waals surface area contributed by atoms with Gasteiger partial charge in [-0.2, -0.15) is 0 Å². The molecule has 0 aromatic rings. The second kappa shape index (κ2) is 16.1. The minimum Gasteiger partial charge on any atom is -0.394 e. The van der Waals surface area contributed by atoms with Crippen molar-refractivity contribution in [3.8, 4) is 0 Å². The van der Waals surface area contributed by atoms with Gasteiger partial charge in [-0.15, -0.1) is 0 Å². The number of unbranched alkanes of at least 4 members (excludes halogenated alkanes) is 9. The zero-order chi connectivity index (χ0) is 20.7. The van der Waals surface area contributed by atoms with Gasteiger partial charge in [0.2, 0.25) is 6.29 Å². The third-order valence-corrected chi connectivity index (χ3v) is 4.88. The minimum atomic E-state index is -2.02. The Morgan fingerprint density at radius 1 is 0.815 bits per heavy atom. The van der Waals surface area contributed by atoms with Crippen molar-refractivity contribution in [2.24, 2.45) is 5.92 Å². The fourth-order valence-electron chi connectivity index (χ4n) is 2.99. The van der Waals surface area contributed by atoms with E-state index in [1.165, 1.54) is 38.5 Å². The van der Waals surface area contributed by atoms with Gasteiger partial charge in [0.25, 0.3) is 0 Å². The Hall–Kier alpha value is -0.860. The molecule has 0 spiro atoms. The average molecular weight is 390 g/mol. The smallest absolute Gasteiger partial charge is 0.209 e. The monoisotopic (exact) mass is 389 g/mol. The second-order valence-corrected chi connectivity index (χ2v) is 7.22. The van der Waals surface area contributed by atoms with Gasteiger partial charge in [-0.1, -0.05) is 71.1 Å². The number of hydrogen-bond acceptors (Lipinski definition) is 7. The van der Waals surface area contributed by atoms with Crippen molar-refractivity contribution in [1.29, 1.82) is 0 Å². The average Bonchev–Trinajstić information content (AvgIpc) is 2.69. The molecule has 0 rings (SSSR count). The number of ketones is 1. The van der Waals surface area contributed by atoms with Crippen LogP contribution in [0, 0.1) is 5.92 Å². The highest BCUT2D eigenvalue weighted by molar-refractivity contribution is 5.96. The van der Waals surface area contributed by atoms with Crippen molar-refractivity contribution in [2.75, 3.05) is 6.61 Å². The first-order valence-electron chi connectivity index (χ1n) is 10.1. The normalized spacial score (nSPS) is 17.1. The van der Waals surface area contributed by atoms with E-state index in [4.69, 9.17) is 5.11 Å². The molecule has 159 valence electrons. The first-order chi connectivity index (χ1) is 12.9. The van der Waals surface area contributed by atoms with Crippen molar-refractivity contribution < 1.29 is 35.1 Å². The molecule has 0 aliphatic heterocycles. The molecule has 0 saturated heterocycles. The van der Waals surface area contributed by atoms with E-state index in [1.54, 1.807) is 6.29 Å². The molecular formula is C20H37O7. The first kappa shape index (κ1) is 26.1. The van der Waals surface area contributed by atoms with Gasteiger partial charge in [0, 0.05) is 0 Å². The van der Waals surface area contributed by atoms with Gasteiger partial charge >= 0.3 is 0 Å². The second-order valence-electron chi connectivity index (χ2n) is 7.22. The lowest BCUT2D eigenvalue weighted by Gasteiger charge is -2.25. The summed E-state index contributed by atoms with van der Waals surface area (Å²) >= 11 is 0. The van der Waals surface area contributed by atoms with E-state index in [1.807, 2.05) is 0 Å². The van der Waals surface area contributed by atoms with Gasteiger partial charge in [0.1, 0.15) is 24.4 Å². The molecule has 0 bridgehead atoms. The maximum absolute atomic E-state index is 12.1. The molecule has 0 aliphatic rings. The summed E-state index contributed by atoms with van der Waals surface area (Å²) in [6.07, 6.45) is 5.34. The number of carbonyl (C=O) groups excluding carboxylic acids is 2. The minimum absolute atomic E-state index is 0.223. The molecule has 27 heavy (non-hydrogen) atoms. The van der Waals surface area contributed by atoms with E-state index >= 15 is 0 Å². The van der Waals surface area contributed by atoms with E-state index in [0.29, 0.717) is 6.42 Å². The van der Waals surface area contributed by atoms with E-state index < -0.39 is 42.7 Å². The van der Waals surface area contributed by atoms with Crippen LogP contribution >= 0.6 is 0 Å². The molecule has 0 saturated carbocycles. The van der Waals surface area contributed by atoms with Gasteiger partial charge < -0.3 is 25.5 Å². The Morgan fingerprint density at radius 3 is 1.74 bits per heavy atom. The van der Waals surface area contributed by atoms with E-state index in [2.05, 4.69) is 6.92 Å². The third kappa shape index (κ3) is 10.9. The van der Waals surface area contributed by atoms with Gasteiger partial charge in [-0.05, 0) is 6.42 Å². The summed E-state index contributed by atoms with van der Waals surface area (Å²) < 4.78 is 0. The highest BCUT2D eigenvalue weighted by atomic mass is 16.4. The SMILES string of the molecule is CCCCCCCCCCCCC([C]=O)C(=O)[C@H](O)[C@@H](O)[C@H](O)[C@H](O)CO. The zero-order valence-electron chi connectivity index (χ0n) is 16.4. The summed E-state index contributed by atoms with van der Waals surface area (Å²) in [7, 11) is 0. The summed E-state index contributed by atoms with van der Waals surface area (Å²) in [5.74, 6) is -2.11. The summed E-state index contributed by atoms with van der Waals surface area (Å²) in [5.41, 5.74) is 0. The van der Waals surface area contributed by atoms with Crippen LogP contribution in [0.15, 0.2) is 0 Å². The van der Waals surface area contributed by atoms with E-state index in [9.17, 15) is 30.0 Å². The summed E-state index contributed by atoms with van der Waals surface area (Å²) in [6.45, 7) is 1.36. The predicted molar refractivity (Wildman–Crippen MR) is 102 cm³/mol. The Labute approximate surface area is 162 Å². The van der Waals surface area contributed by atoms with E-state index in [0.717, 1.165) is 19.3 Å². The lowest BCUT2D eigenvalue weighted by molar-refractivity contribution is -0.148. The number of aliphatic hydroxyl groups excluding tert-OH is 5. The molecule has 0 aliphatic carbocycles. The number of Topliss-reactive ketones (excluding diaryl/α,β-unsaturated/α-hetero) is 1. The molecule has 5 N–H and O–H groups in total. The van der Waals surface area contributed by atoms with Crippen LogP contribution in [0.5, 0.6) is 0 Å². The van der Waals surface area contributed by atoms with Crippen LogP contribution in [-0.2, 0) is 9.59 Å². The number of rotatable bonds is 18. The van der Waals surface area contributed by atoms with Crippen LogP contribution in [0.2, 0.25) is 0 Å². The van der Waals surface area contributed by atoms with Gasteiger partial charge in [0.15, 0.2) is 5.78 Å². The zero-order valence-corrected chi connectivity index (χ0v) is 16.4. The van der Waals surface area contributed by atoms with Crippen LogP contribution in [0.4, 0.5) is 0 Å². The highest BCUT2D eigenvalue weighted by Gasteiger charge is 2.37. The van der Waals surface area contributed by atoms with Crippen LogP contribution in [0.25, 0.3) is 0 Å². The number of carbonyl (C=O) groups is 1. The van der Waals surface area contributed by atoms with Crippen LogP contribution < -0.4 is 0 Å². The van der Waals surface area contributed by atoms with Gasteiger partial charge in [-0.25, -0.2) is 0 Å². The fraction of sp³-hybridized carbons (Fsp3) is 0.900. The van der Waals surface area contributed by atoms with Crippen molar-refractivity contribution in [3.63, 3.8) is 0 Å². The largest absolute Gasteiger partial charge is 0.394 e. The molecule has 0 aromatic heterocycles. The summed E-state index contributed by atoms with van der Waals surface area (Å²) in [4.78, 5) is 23.1. The summed E-state index contributed by atoms with van der Waals surface area (Å²) in [5, 5.41) is 47.1. The molecule has 0 amide bonds. The Morgan fingerprint density at radius 2 is 1.30 bits per heavy atom. The lowest BCUT2D eigenvalue weighted by Crippen LogP contribution is -2.50. The molecule has 7 heteroatoms. The van der Waals surface area contributed by atoms with Crippen molar-refractivity contribution >= 4 is 12.1 Å². The van der Waals surface area contributed by atoms with Crippen LogP contribution in [0.3, 0.4) is 0 Å². The van der Waals surface area contributed by atoms with Crippen LogP contribution in [-0.4, -0.2) is 68.6 Å². The molecule has 1 unspecified atom stereocenters. The van der Waals surface area contributed by atoms with Gasteiger partial charge in [-0.3, -0.25) is 9.59 Å². The lowest BCUT2D eigenvalue weighted by atomic mass is 9.90. The molecule has 0 aromatic carbocycles. The molecule has 0 fully saturated rings. The van der Waals surface area contributed by atoms with Crippen molar-refractivity contribution in [1.82, 2.24) is 0 Å². The molecular weight excluding hydrogens is 352 g/mol. The highest BCUT2D eigenvalue weighted by Crippen LogP contribution is 2.17. The Kier molecular flexibility index (Phi) is 15.6. The predicted octanol–water partition coefficient (Wildman–Crippen LogP) is 1.03. The first-order valence-corrected chi connectivity index (χ1v) is 10.1. The third-order valence-electron chi connectivity index (χ3n) is 4.88. The maximum Gasteiger partial charge on any atom is 0.209 e. The number of hydrogen-bond donors (Lipinski definition) is 5. The standard InChI is InChI=1S/C20H37O7/c1-2-3-4-5-6-7-8-9-10-11-12-15(13-21)17(24)19(26)20(27)18(25)16(23)14-22/h15-16,18-20,22-23,25-27H,2-12,14H2,1H3/t15?,16-,18-,19+,20+/m1/s1. The number of aliphatic hydroxyl groups is 5. The molecule has 1 radical (unpaired) electrons. The van der Waals surface area contributed by atoms with Crippen molar-refractivity contribution in [3.05, 3.63) is 0 Å². The summed E-state index contributed by atoms with van der Waals surface area (Å²) in [6, 6.07) is 0. The molecule has 7 nitrogen and oxygen atoms in total. The Balaban J connectivity index is 4.07. The van der Waals surface area contributed by atoms with E-state index in [-0.39, 0.29) is 6.42 Å². The molecule has 0 heterocycles. The quantitative estimate of drug-likeness (QED) is 0.174. The molecule has 5 atom stereocenters. The van der Waals surface area contributed by atoms with Gasteiger partial charge in [0.05, 0.1) is 12.5 Å².